The molecule has 0 radical (unpaired) electrons. The first-order chi connectivity index (χ1) is 15.1. The lowest BCUT2D eigenvalue weighted by Crippen LogP contribution is -2.53. The van der Waals surface area contributed by atoms with Crippen LogP contribution in [0.4, 0.5) is 0 Å². The standard InChI is InChI=1S/C26H22N2O3/c29-24-21-12-6-7-13-22(21)25(30)28(24)23(16-18-8-2-1-3-9-18)26(31)27-15-14-19-10-4-5-11-20(19)17-27/h1-13,23H,14-17H2/t23-/m0/s1. The number of nitrogens with zero attached hydrogens (tertiary/aromatic N) is 2. The summed E-state index contributed by atoms with van der Waals surface area (Å²) >= 11 is 0. The van der Waals surface area contributed by atoms with E-state index in [0.29, 0.717) is 30.6 Å². The van der Waals surface area contributed by atoms with Crippen molar-refractivity contribution in [3.05, 3.63) is 107 Å². The second-order valence-electron chi connectivity index (χ2n) is 8.01. The van der Waals surface area contributed by atoms with Gasteiger partial charge in [0.1, 0.15) is 6.04 Å². The minimum Gasteiger partial charge on any atom is -0.336 e. The van der Waals surface area contributed by atoms with Crippen molar-refractivity contribution >= 4 is 17.7 Å². The van der Waals surface area contributed by atoms with Gasteiger partial charge < -0.3 is 4.90 Å². The van der Waals surface area contributed by atoms with E-state index < -0.39 is 17.9 Å². The van der Waals surface area contributed by atoms with E-state index in [1.807, 2.05) is 48.5 Å². The quantitative estimate of drug-likeness (QED) is 0.619. The van der Waals surface area contributed by atoms with Gasteiger partial charge in [-0.1, -0.05) is 66.7 Å². The molecule has 0 aliphatic carbocycles. The summed E-state index contributed by atoms with van der Waals surface area (Å²) in [5, 5.41) is 0. The van der Waals surface area contributed by atoms with Crippen LogP contribution >= 0.6 is 0 Å². The predicted octanol–water partition coefficient (Wildman–Crippen LogP) is 3.48. The van der Waals surface area contributed by atoms with Crippen LogP contribution in [-0.4, -0.2) is 40.1 Å². The number of hydrogen-bond acceptors (Lipinski definition) is 3. The van der Waals surface area contributed by atoms with Crippen LogP contribution in [0.25, 0.3) is 0 Å². The molecule has 2 aliphatic heterocycles. The SMILES string of the molecule is O=C([C@H](Cc1ccccc1)N1C(=O)c2ccccc2C1=O)N1CCc2ccccc2C1. The minimum atomic E-state index is -0.875. The number of hydrogen-bond donors (Lipinski definition) is 0. The Balaban J connectivity index is 1.49. The zero-order valence-electron chi connectivity index (χ0n) is 17.0. The second kappa shape index (κ2) is 7.84. The summed E-state index contributed by atoms with van der Waals surface area (Å²) in [7, 11) is 0. The smallest absolute Gasteiger partial charge is 0.262 e. The van der Waals surface area contributed by atoms with Crippen molar-refractivity contribution in [2.24, 2.45) is 0 Å². The molecule has 2 aliphatic rings. The van der Waals surface area contributed by atoms with Crippen LogP contribution in [0, 0.1) is 0 Å². The normalized spacial score (nSPS) is 16.1. The molecule has 3 aromatic carbocycles. The van der Waals surface area contributed by atoms with Crippen LogP contribution in [0.3, 0.4) is 0 Å². The number of amides is 3. The highest BCUT2D eigenvalue weighted by Crippen LogP contribution is 2.28. The lowest BCUT2D eigenvalue weighted by atomic mass is 9.97. The van der Waals surface area contributed by atoms with Crippen LogP contribution in [0.2, 0.25) is 0 Å². The molecule has 0 spiro atoms. The molecule has 0 fully saturated rings. The average Bonchev–Trinajstić information content (AvgIpc) is 3.07. The maximum atomic E-state index is 13.7. The van der Waals surface area contributed by atoms with Crippen molar-refractivity contribution in [1.82, 2.24) is 9.80 Å². The van der Waals surface area contributed by atoms with Gasteiger partial charge in [0, 0.05) is 19.5 Å². The average molecular weight is 410 g/mol. The number of rotatable bonds is 4. The number of carbonyl (C=O) groups excluding carboxylic acids is 3. The Morgan fingerprint density at radius 1 is 0.774 bits per heavy atom. The summed E-state index contributed by atoms with van der Waals surface area (Å²) in [6.07, 6.45) is 1.06. The summed E-state index contributed by atoms with van der Waals surface area (Å²) in [5.41, 5.74) is 3.99. The van der Waals surface area contributed by atoms with Crippen molar-refractivity contribution in [1.29, 1.82) is 0 Å². The largest absolute Gasteiger partial charge is 0.336 e. The molecule has 5 nitrogen and oxygen atoms in total. The summed E-state index contributed by atoms with van der Waals surface area (Å²) in [6, 6.07) is 23.5. The Morgan fingerprint density at radius 3 is 2.03 bits per heavy atom. The Kier molecular flexibility index (Phi) is 4.86. The molecule has 5 heteroatoms. The lowest BCUT2D eigenvalue weighted by Gasteiger charge is -2.34. The fourth-order valence-electron chi connectivity index (χ4n) is 4.51. The molecule has 3 amide bonds. The van der Waals surface area contributed by atoms with E-state index in [2.05, 4.69) is 6.07 Å². The van der Waals surface area contributed by atoms with Crippen LogP contribution in [0.1, 0.15) is 37.4 Å². The van der Waals surface area contributed by atoms with Crippen LogP contribution in [-0.2, 0) is 24.2 Å². The van der Waals surface area contributed by atoms with Gasteiger partial charge in [0.25, 0.3) is 11.8 Å². The number of imide groups is 1. The van der Waals surface area contributed by atoms with Crippen LogP contribution in [0.5, 0.6) is 0 Å². The molecule has 154 valence electrons. The summed E-state index contributed by atoms with van der Waals surface area (Å²) in [6.45, 7) is 1.06. The first-order valence-electron chi connectivity index (χ1n) is 10.5. The highest BCUT2D eigenvalue weighted by atomic mass is 16.2. The molecule has 1 atom stereocenters. The van der Waals surface area contributed by atoms with Gasteiger partial charge in [-0.05, 0) is 35.2 Å². The predicted molar refractivity (Wildman–Crippen MR) is 116 cm³/mol. The van der Waals surface area contributed by atoms with E-state index in [0.717, 1.165) is 17.5 Å². The molecule has 3 aromatic rings. The van der Waals surface area contributed by atoms with E-state index in [1.165, 1.54) is 10.5 Å². The van der Waals surface area contributed by atoms with Crippen molar-refractivity contribution < 1.29 is 14.4 Å². The Labute approximate surface area is 180 Å². The topological polar surface area (TPSA) is 57.7 Å². The molecule has 2 heterocycles. The molecular weight excluding hydrogens is 388 g/mol. The van der Waals surface area contributed by atoms with Crippen LogP contribution < -0.4 is 0 Å². The van der Waals surface area contributed by atoms with Gasteiger partial charge in [-0.2, -0.15) is 0 Å². The lowest BCUT2D eigenvalue weighted by molar-refractivity contribution is -0.136. The fourth-order valence-corrected chi connectivity index (χ4v) is 4.51. The Bertz CT molecular complexity index is 1140. The molecule has 5 rings (SSSR count). The minimum absolute atomic E-state index is 0.187. The van der Waals surface area contributed by atoms with Gasteiger partial charge in [-0.15, -0.1) is 0 Å². The highest BCUT2D eigenvalue weighted by molar-refractivity contribution is 6.22. The zero-order chi connectivity index (χ0) is 21.4. The van der Waals surface area contributed by atoms with Crippen molar-refractivity contribution in [3.63, 3.8) is 0 Å². The van der Waals surface area contributed by atoms with Gasteiger partial charge in [0.2, 0.25) is 5.91 Å². The monoisotopic (exact) mass is 410 g/mol. The fraction of sp³-hybridized carbons (Fsp3) is 0.192. The Morgan fingerprint density at radius 2 is 1.35 bits per heavy atom. The number of carbonyl (C=O) groups is 3. The van der Waals surface area contributed by atoms with E-state index in [-0.39, 0.29) is 5.91 Å². The van der Waals surface area contributed by atoms with E-state index in [4.69, 9.17) is 0 Å². The molecule has 31 heavy (non-hydrogen) atoms. The molecule has 0 unspecified atom stereocenters. The van der Waals surface area contributed by atoms with Gasteiger partial charge in [-0.25, -0.2) is 0 Å². The molecule has 0 saturated carbocycles. The third-order valence-electron chi connectivity index (χ3n) is 6.14. The third-order valence-corrected chi connectivity index (χ3v) is 6.14. The van der Waals surface area contributed by atoms with E-state index in [9.17, 15) is 14.4 Å². The highest BCUT2D eigenvalue weighted by Gasteiger charge is 2.44. The summed E-state index contributed by atoms with van der Waals surface area (Å²) < 4.78 is 0. The van der Waals surface area contributed by atoms with E-state index in [1.54, 1.807) is 29.2 Å². The zero-order valence-corrected chi connectivity index (χ0v) is 17.0. The van der Waals surface area contributed by atoms with Crippen molar-refractivity contribution in [3.8, 4) is 0 Å². The molecule has 0 aromatic heterocycles. The van der Waals surface area contributed by atoms with Crippen LogP contribution in [0.15, 0.2) is 78.9 Å². The number of benzene rings is 3. The molecular formula is C26H22N2O3. The van der Waals surface area contributed by atoms with Gasteiger partial charge in [-0.3, -0.25) is 19.3 Å². The van der Waals surface area contributed by atoms with Crippen molar-refractivity contribution in [2.75, 3.05) is 6.54 Å². The summed E-state index contributed by atoms with van der Waals surface area (Å²) in [4.78, 5) is 43.0. The van der Waals surface area contributed by atoms with Gasteiger partial charge in [0.05, 0.1) is 11.1 Å². The first-order valence-corrected chi connectivity index (χ1v) is 10.5. The first kappa shape index (κ1) is 19.2. The van der Waals surface area contributed by atoms with Crippen molar-refractivity contribution in [2.45, 2.75) is 25.4 Å². The van der Waals surface area contributed by atoms with Gasteiger partial charge in [0.15, 0.2) is 0 Å². The second-order valence-corrected chi connectivity index (χ2v) is 8.01. The molecule has 0 saturated heterocycles. The van der Waals surface area contributed by atoms with Gasteiger partial charge >= 0.3 is 0 Å². The summed E-state index contributed by atoms with van der Waals surface area (Å²) in [5.74, 6) is -0.979. The molecule has 0 N–H and O–H groups in total. The third kappa shape index (κ3) is 3.42. The maximum Gasteiger partial charge on any atom is 0.262 e. The molecule has 0 bridgehead atoms. The number of fused-ring (bicyclic) bond motifs is 2. The Hall–Kier alpha value is -3.73. The maximum absolute atomic E-state index is 13.7. The van der Waals surface area contributed by atoms with E-state index >= 15 is 0 Å².